The van der Waals surface area contributed by atoms with Gasteiger partial charge < -0.3 is 10.1 Å². The molecule has 1 atom stereocenters. The van der Waals surface area contributed by atoms with E-state index in [0.717, 1.165) is 19.5 Å². The Labute approximate surface area is 74.8 Å². The number of carbonyl (C=O) groups is 1. The van der Waals surface area contributed by atoms with Crippen molar-refractivity contribution >= 4 is 13.3 Å². The summed E-state index contributed by atoms with van der Waals surface area (Å²) in [4.78, 5) is 13.0. The zero-order valence-corrected chi connectivity index (χ0v) is 7.84. The molecule has 1 radical (unpaired) electrons. The van der Waals surface area contributed by atoms with Gasteiger partial charge in [0.05, 0.1) is 0 Å². The first-order valence-electron chi connectivity index (χ1n) is 4.53. The molecule has 1 saturated heterocycles. The molecule has 1 amide bonds. The van der Waals surface area contributed by atoms with Crippen LogP contribution in [0, 0.1) is 0 Å². The molecule has 4 heteroatoms. The second-order valence-corrected chi connectivity index (χ2v) is 3.29. The molecule has 1 aliphatic heterocycles. The smallest absolute Gasteiger partial charge is 0.217 e. The van der Waals surface area contributed by atoms with Gasteiger partial charge >= 0.3 is 0 Å². The van der Waals surface area contributed by atoms with Crippen molar-refractivity contribution in [3.63, 3.8) is 0 Å². The standard InChI is InChI=1S/C8H16BN2O/c1-7(12)10-8-4-3-5-11(6-8)9-2/h8H,3-6H2,1-2H3,(H,10,12). The van der Waals surface area contributed by atoms with Crippen molar-refractivity contribution in [2.75, 3.05) is 13.1 Å². The molecule has 0 spiro atoms. The SMILES string of the molecule is C[B]N1CCCC(NC(C)=O)C1. The molecule has 0 aromatic heterocycles. The molecule has 1 N–H and O–H groups in total. The lowest BCUT2D eigenvalue weighted by Crippen LogP contribution is -2.47. The molecule has 0 aromatic carbocycles. The maximum atomic E-state index is 10.8. The van der Waals surface area contributed by atoms with Crippen LogP contribution in [-0.4, -0.2) is 37.3 Å². The molecule has 1 unspecified atom stereocenters. The van der Waals surface area contributed by atoms with Crippen LogP contribution in [0.25, 0.3) is 0 Å². The second-order valence-electron chi connectivity index (χ2n) is 3.29. The minimum atomic E-state index is 0.0814. The Bertz CT molecular complexity index is 163. The van der Waals surface area contributed by atoms with E-state index in [1.54, 1.807) is 6.92 Å². The zero-order chi connectivity index (χ0) is 8.97. The Kier molecular flexibility index (Phi) is 3.60. The predicted octanol–water partition coefficient (Wildman–Crippen LogP) is 0.254. The van der Waals surface area contributed by atoms with Crippen LogP contribution < -0.4 is 5.32 Å². The van der Waals surface area contributed by atoms with Gasteiger partial charge in [0, 0.05) is 19.5 Å². The Morgan fingerprint density at radius 1 is 1.67 bits per heavy atom. The maximum absolute atomic E-state index is 10.8. The van der Waals surface area contributed by atoms with E-state index in [0.29, 0.717) is 6.04 Å². The average molecular weight is 167 g/mol. The van der Waals surface area contributed by atoms with Crippen molar-refractivity contribution < 1.29 is 4.79 Å². The molecule has 0 aliphatic carbocycles. The van der Waals surface area contributed by atoms with Gasteiger partial charge in [-0.2, -0.15) is 0 Å². The molecule has 67 valence electrons. The summed E-state index contributed by atoms with van der Waals surface area (Å²) in [6.45, 7) is 5.72. The minimum absolute atomic E-state index is 0.0814. The second kappa shape index (κ2) is 4.50. The molecule has 1 heterocycles. The van der Waals surface area contributed by atoms with Gasteiger partial charge in [-0.1, -0.05) is 6.82 Å². The summed E-state index contributed by atoms with van der Waals surface area (Å²) in [5.41, 5.74) is 0. The van der Waals surface area contributed by atoms with E-state index >= 15 is 0 Å². The molecule has 1 fully saturated rings. The summed E-state index contributed by atoms with van der Waals surface area (Å²) < 4.78 is 0. The fourth-order valence-corrected chi connectivity index (χ4v) is 1.65. The third-order valence-electron chi connectivity index (χ3n) is 2.23. The van der Waals surface area contributed by atoms with Crippen LogP contribution in [-0.2, 0) is 4.79 Å². The fourth-order valence-electron chi connectivity index (χ4n) is 1.65. The topological polar surface area (TPSA) is 32.3 Å². The van der Waals surface area contributed by atoms with Gasteiger partial charge in [0.15, 0.2) is 0 Å². The highest BCUT2D eigenvalue weighted by Gasteiger charge is 2.18. The molecular formula is C8H16BN2O. The van der Waals surface area contributed by atoms with Crippen molar-refractivity contribution in [3.05, 3.63) is 0 Å². The molecular weight excluding hydrogens is 151 g/mol. The van der Waals surface area contributed by atoms with Crippen molar-refractivity contribution in [1.82, 2.24) is 10.1 Å². The number of rotatable bonds is 2. The highest BCUT2D eigenvalue weighted by molar-refractivity contribution is 6.29. The Hall–Kier alpha value is -0.505. The normalized spacial score (nSPS) is 25.0. The van der Waals surface area contributed by atoms with Gasteiger partial charge in [0.1, 0.15) is 0 Å². The quantitative estimate of drug-likeness (QED) is 0.598. The largest absolute Gasteiger partial charge is 0.352 e. The van der Waals surface area contributed by atoms with E-state index in [1.807, 2.05) is 6.82 Å². The van der Waals surface area contributed by atoms with Gasteiger partial charge in [-0.25, -0.2) is 0 Å². The van der Waals surface area contributed by atoms with Crippen LogP contribution in [0.3, 0.4) is 0 Å². The van der Waals surface area contributed by atoms with Crippen molar-refractivity contribution in [2.24, 2.45) is 0 Å². The van der Waals surface area contributed by atoms with Crippen LogP contribution in [0.1, 0.15) is 19.8 Å². The minimum Gasteiger partial charge on any atom is -0.352 e. The summed E-state index contributed by atoms with van der Waals surface area (Å²) in [6, 6.07) is 0.354. The fraction of sp³-hybridized carbons (Fsp3) is 0.875. The number of nitrogens with zero attached hydrogens (tertiary/aromatic N) is 1. The Balaban J connectivity index is 2.30. The summed E-state index contributed by atoms with van der Waals surface area (Å²) >= 11 is 0. The van der Waals surface area contributed by atoms with Crippen LogP contribution >= 0.6 is 0 Å². The number of carbonyl (C=O) groups excluding carboxylic acids is 1. The highest BCUT2D eigenvalue weighted by Crippen LogP contribution is 2.08. The highest BCUT2D eigenvalue weighted by atomic mass is 16.1. The van der Waals surface area contributed by atoms with Gasteiger partial charge in [0.2, 0.25) is 13.3 Å². The van der Waals surface area contributed by atoms with E-state index in [1.165, 1.54) is 6.42 Å². The molecule has 0 bridgehead atoms. The zero-order valence-electron chi connectivity index (χ0n) is 7.84. The van der Waals surface area contributed by atoms with Crippen molar-refractivity contribution in [1.29, 1.82) is 0 Å². The molecule has 0 aromatic rings. The lowest BCUT2D eigenvalue weighted by Gasteiger charge is -2.32. The number of hydrogen-bond donors (Lipinski definition) is 1. The van der Waals surface area contributed by atoms with Gasteiger partial charge in [0.25, 0.3) is 0 Å². The van der Waals surface area contributed by atoms with E-state index in [-0.39, 0.29) is 5.91 Å². The van der Waals surface area contributed by atoms with Gasteiger partial charge in [-0.15, -0.1) is 0 Å². The van der Waals surface area contributed by atoms with Crippen LogP contribution in [0.5, 0.6) is 0 Å². The summed E-state index contributed by atoms with van der Waals surface area (Å²) in [5.74, 6) is 0.0814. The maximum Gasteiger partial charge on any atom is 0.217 e. The first-order chi connectivity index (χ1) is 5.72. The average Bonchev–Trinajstić information content (AvgIpc) is 2.03. The first kappa shape index (κ1) is 9.58. The van der Waals surface area contributed by atoms with E-state index in [9.17, 15) is 4.79 Å². The first-order valence-corrected chi connectivity index (χ1v) is 4.53. The number of nitrogens with one attached hydrogen (secondary N) is 1. The Morgan fingerprint density at radius 3 is 3.00 bits per heavy atom. The number of amides is 1. The third kappa shape index (κ3) is 2.85. The van der Waals surface area contributed by atoms with Crippen LogP contribution in [0.4, 0.5) is 0 Å². The van der Waals surface area contributed by atoms with Crippen LogP contribution in [0.15, 0.2) is 0 Å². The predicted molar refractivity (Wildman–Crippen MR) is 50.0 cm³/mol. The Morgan fingerprint density at radius 2 is 2.42 bits per heavy atom. The van der Waals surface area contributed by atoms with Crippen LogP contribution in [0.2, 0.25) is 6.82 Å². The lowest BCUT2D eigenvalue weighted by atomic mass is 9.90. The molecule has 1 aliphatic rings. The van der Waals surface area contributed by atoms with Gasteiger partial charge in [-0.05, 0) is 19.4 Å². The molecule has 3 nitrogen and oxygen atoms in total. The molecule has 12 heavy (non-hydrogen) atoms. The van der Waals surface area contributed by atoms with Crippen molar-refractivity contribution in [2.45, 2.75) is 32.6 Å². The van der Waals surface area contributed by atoms with E-state index in [4.69, 9.17) is 0 Å². The third-order valence-corrected chi connectivity index (χ3v) is 2.23. The van der Waals surface area contributed by atoms with E-state index in [2.05, 4.69) is 17.5 Å². The van der Waals surface area contributed by atoms with E-state index < -0.39 is 0 Å². The van der Waals surface area contributed by atoms with Gasteiger partial charge in [-0.3, -0.25) is 4.79 Å². The lowest BCUT2D eigenvalue weighted by molar-refractivity contribution is -0.119. The number of hydrogen-bond acceptors (Lipinski definition) is 2. The van der Waals surface area contributed by atoms with Crippen molar-refractivity contribution in [3.8, 4) is 0 Å². The monoisotopic (exact) mass is 167 g/mol. The summed E-state index contributed by atoms with van der Waals surface area (Å²) in [5, 5.41) is 2.95. The molecule has 0 saturated carbocycles. The summed E-state index contributed by atoms with van der Waals surface area (Å²) in [6.07, 6.45) is 2.29. The summed E-state index contributed by atoms with van der Waals surface area (Å²) in [7, 11) is 2.09. The molecule has 1 rings (SSSR count). The number of piperidine rings is 1.